The number of anilines is 1. The van der Waals surface area contributed by atoms with E-state index in [0.29, 0.717) is 11.6 Å². The summed E-state index contributed by atoms with van der Waals surface area (Å²) in [6.07, 6.45) is 2.05. The van der Waals surface area contributed by atoms with Gasteiger partial charge in [0.05, 0.1) is 0 Å². The molecule has 1 aromatic rings. The minimum Gasteiger partial charge on any atom is -0.382 e. The zero-order chi connectivity index (χ0) is 11.3. The van der Waals surface area contributed by atoms with Crippen molar-refractivity contribution in [3.8, 4) is 0 Å². The Hall–Kier alpha value is -1.09. The molecule has 0 bridgehead atoms. The van der Waals surface area contributed by atoms with Crippen molar-refractivity contribution < 1.29 is 4.39 Å². The zero-order valence-corrected chi connectivity index (χ0v) is 9.39. The number of benzene rings is 1. The highest BCUT2D eigenvalue weighted by Gasteiger charge is 2.09. The zero-order valence-electron chi connectivity index (χ0n) is 9.39. The maximum Gasteiger partial charge on any atom is 0.129 e. The van der Waals surface area contributed by atoms with Crippen molar-refractivity contribution in [2.75, 3.05) is 5.32 Å². The van der Waals surface area contributed by atoms with Crippen molar-refractivity contribution >= 4 is 5.69 Å². The summed E-state index contributed by atoms with van der Waals surface area (Å²) < 4.78 is 13.4. The van der Waals surface area contributed by atoms with E-state index in [2.05, 4.69) is 19.2 Å². The van der Waals surface area contributed by atoms with Crippen molar-refractivity contribution in [2.24, 2.45) is 5.73 Å². The second-order valence-electron chi connectivity index (χ2n) is 3.63. The number of hydrogen-bond donors (Lipinski definition) is 2. The van der Waals surface area contributed by atoms with E-state index in [4.69, 9.17) is 5.73 Å². The van der Waals surface area contributed by atoms with Crippen LogP contribution in [-0.2, 0) is 6.54 Å². The first-order chi connectivity index (χ1) is 7.22. The highest BCUT2D eigenvalue weighted by Crippen LogP contribution is 2.20. The van der Waals surface area contributed by atoms with Crippen molar-refractivity contribution in [3.05, 3.63) is 29.6 Å². The lowest BCUT2D eigenvalue weighted by atomic mass is 10.1. The summed E-state index contributed by atoms with van der Waals surface area (Å²) in [5.41, 5.74) is 6.93. The molecule has 0 amide bonds. The summed E-state index contributed by atoms with van der Waals surface area (Å²) in [6, 6.07) is 5.42. The van der Waals surface area contributed by atoms with E-state index in [1.807, 2.05) is 6.07 Å². The molecule has 0 aliphatic rings. The molecule has 0 aliphatic carbocycles. The lowest BCUT2D eigenvalue weighted by molar-refractivity contribution is 0.608. The summed E-state index contributed by atoms with van der Waals surface area (Å²) in [5, 5.41) is 3.32. The lowest BCUT2D eigenvalue weighted by Crippen LogP contribution is -2.19. The number of halogens is 1. The van der Waals surface area contributed by atoms with Crippen molar-refractivity contribution in [1.29, 1.82) is 0 Å². The summed E-state index contributed by atoms with van der Waals surface area (Å²) in [5.74, 6) is -0.228. The van der Waals surface area contributed by atoms with Crippen LogP contribution in [0.1, 0.15) is 32.3 Å². The van der Waals surface area contributed by atoms with Gasteiger partial charge in [-0.2, -0.15) is 0 Å². The molecular formula is C12H19FN2. The average Bonchev–Trinajstić information content (AvgIpc) is 2.26. The van der Waals surface area contributed by atoms with Gasteiger partial charge >= 0.3 is 0 Å². The molecule has 0 fully saturated rings. The Labute approximate surface area is 90.7 Å². The Bertz CT molecular complexity index is 308. The van der Waals surface area contributed by atoms with Gasteiger partial charge in [-0.25, -0.2) is 4.39 Å². The second-order valence-corrected chi connectivity index (χ2v) is 3.63. The van der Waals surface area contributed by atoms with Crippen LogP contribution in [0.5, 0.6) is 0 Å². The molecule has 0 radical (unpaired) electrons. The summed E-state index contributed by atoms with van der Waals surface area (Å²) in [7, 11) is 0. The summed E-state index contributed by atoms with van der Waals surface area (Å²) in [4.78, 5) is 0. The largest absolute Gasteiger partial charge is 0.382 e. The first kappa shape index (κ1) is 12.0. The van der Waals surface area contributed by atoms with Crippen LogP contribution < -0.4 is 11.1 Å². The molecule has 84 valence electrons. The number of nitrogens with two attached hydrogens (primary N) is 1. The molecule has 3 heteroatoms. The highest BCUT2D eigenvalue weighted by atomic mass is 19.1. The van der Waals surface area contributed by atoms with Gasteiger partial charge in [0, 0.05) is 23.8 Å². The van der Waals surface area contributed by atoms with E-state index < -0.39 is 0 Å². The second kappa shape index (κ2) is 5.71. The molecule has 0 unspecified atom stereocenters. The number of hydrogen-bond acceptors (Lipinski definition) is 2. The average molecular weight is 210 g/mol. The van der Waals surface area contributed by atoms with E-state index in [-0.39, 0.29) is 12.4 Å². The van der Waals surface area contributed by atoms with Crippen LogP contribution >= 0.6 is 0 Å². The van der Waals surface area contributed by atoms with Gasteiger partial charge in [0.15, 0.2) is 0 Å². The molecule has 1 aromatic carbocycles. The van der Waals surface area contributed by atoms with Crippen LogP contribution in [0.2, 0.25) is 0 Å². The van der Waals surface area contributed by atoms with Crippen LogP contribution in [0.4, 0.5) is 10.1 Å². The Kier molecular flexibility index (Phi) is 4.56. The Morgan fingerprint density at radius 3 is 2.53 bits per heavy atom. The molecule has 0 saturated heterocycles. The Morgan fingerprint density at radius 2 is 2.00 bits per heavy atom. The fraction of sp³-hybridized carbons (Fsp3) is 0.500. The van der Waals surface area contributed by atoms with Crippen molar-refractivity contribution in [1.82, 2.24) is 0 Å². The summed E-state index contributed by atoms with van der Waals surface area (Å²) >= 11 is 0. The van der Waals surface area contributed by atoms with Gasteiger partial charge in [0.1, 0.15) is 5.82 Å². The predicted octanol–water partition coefficient (Wildman–Crippen LogP) is 2.88. The predicted molar refractivity (Wildman–Crippen MR) is 62.3 cm³/mol. The molecule has 3 N–H and O–H groups in total. The minimum atomic E-state index is -0.228. The molecule has 15 heavy (non-hydrogen) atoms. The standard InChI is InChI=1S/C12H19FN2/c1-3-9(4-2)15-12-7-5-6-11(13)10(12)8-14/h5-7,9,15H,3-4,8,14H2,1-2H3. The molecule has 0 aromatic heterocycles. The number of nitrogens with one attached hydrogen (secondary N) is 1. The van der Waals surface area contributed by atoms with Gasteiger partial charge in [-0.05, 0) is 25.0 Å². The van der Waals surface area contributed by atoms with Gasteiger partial charge in [0.25, 0.3) is 0 Å². The van der Waals surface area contributed by atoms with Gasteiger partial charge in [-0.3, -0.25) is 0 Å². The molecule has 0 atom stereocenters. The summed E-state index contributed by atoms with van der Waals surface area (Å²) in [6.45, 7) is 4.46. The van der Waals surface area contributed by atoms with Gasteiger partial charge in [0.2, 0.25) is 0 Å². The Balaban J connectivity index is 2.88. The van der Waals surface area contributed by atoms with Crippen LogP contribution in [-0.4, -0.2) is 6.04 Å². The first-order valence-electron chi connectivity index (χ1n) is 5.46. The maximum absolute atomic E-state index is 13.4. The van der Waals surface area contributed by atoms with Crippen LogP contribution in [0.15, 0.2) is 18.2 Å². The van der Waals surface area contributed by atoms with Crippen LogP contribution in [0.3, 0.4) is 0 Å². The lowest BCUT2D eigenvalue weighted by Gasteiger charge is -2.18. The third-order valence-electron chi connectivity index (χ3n) is 2.67. The third-order valence-corrected chi connectivity index (χ3v) is 2.67. The molecule has 1 rings (SSSR count). The van der Waals surface area contributed by atoms with Crippen LogP contribution in [0.25, 0.3) is 0 Å². The minimum absolute atomic E-state index is 0.228. The van der Waals surface area contributed by atoms with Gasteiger partial charge in [-0.15, -0.1) is 0 Å². The van der Waals surface area contributed by atoms with Crippen molar-refractivity contribution in [3.63, 3.8) is 0 Å². The molecule has 0 aliphatic heterocycles. The van der Waals surface area contributed by atoms with Gasteiger partial charge < -0.3 is 11.1 Å². The van der Waals surface area contributed by atoms with E-state index in [1.54, 1.807) is 6.07 Å². The normalized spacial score (nSPS) is 10.7. The fourth-order valence-electron chi connectivity index (χ4n) is 1.61. The third kappa shape index (κ3) is 2.93. The molecule has 2 nitrogen and oxygen atoms in total. The maximum atomic E-state index is 13.4. The van der Waals surface area contributed by atoms with Gasteiger partial charge in [-0.1, -0.05) is 19.9 Å². The van der Waals surface area contributed by atoms with Crippen LogP contribution in [0, 0.1) is 5.82 Å². The molecule has 0 spiro atoms. The molecule has 0 saturated carbocycles. The topological polar surface area (TPSA) is 38.0 Å². The SMILES string of the molecule is CCC(CC)Nc1cccc(F)c1CN. The Morgan fingerprint density at radius 1 is 1.33 bits per heavy atom. The first-order valence-corrected chi connectivity index (χ1v) is 5.46. The van der Waals surface area contributed by atoms with E-state index in [0.717, 1.165) is 18.5 Å². The monoisotopic (exact) mass is 210 g/mol. The van der Waals surface area contributed by atoms with E-state index >= 15 is 0 Å². The van der Waals surface area contributed by atoms with Crippen molar-refractivity contribution in [2.45, 2.75) is 39.3 Å². The molecular weight excluding hydrogens is 191 g/mol. The quantitative estimate of drug-likeness (QED) is 0.784. The highest BCUT2D eigenvalue weighted by molar-refractivity contribution is 5.52. The van der Waals surface area contributed by atoms with E-state index in [9.17, 15) is 4.39 Å². The van der Waals surface area contributed by atoms with E-state index in [1.165, 1.54) is 6.07 Å². The smallest absolute Gasteiger partial charge is 0.129 e. The number of rotatable bonds is 5. The fourth-order valence-corrected chi connectivity index (χ4v) is 1.61. The molecule has 0 heterocycles.